The molecule has 3 rings (SSSR count). The molecule has 1 unspecified atom stereocenters. The Morgan fingerprint density at radius 2 is 1.75 bits per heavy atom. The fourth-order valence-electron chi connectivity index (χ4n) is 2.36. The van der Waals surface area contributed by atoms with Gasteiger partial charge in [0.15, 0.2) is 6.10 Å². The van der Waals surface area contributed by atoms with Crippen LogP contribution in [0.3, 0.4) is 0 Å². The first-order valence-electron chi connectivity index (χ1n) is 8.49. The third kappa shape index (κ3) is 4.72. The van der Waals surface area contributed by atoms with E-state index in [0.29, 0.717) is 16.3 Å². The summed E-state index contributed by atoms with van der Waals surface area (Å²) in [7, 11) is 0. The fourth-order valence-corrected chi connectivity index (χ4v) is 3.33. The molecule has 2 aromatic carbocycles. The molecule has 1 atom stereocenters. The Labute approximate surface area is 165 Å². The molecule has 0 aliphatic heterocycles. The minimum Gasteiger partial charge on any atom is -0.481 e. The predicted octanol–water partition coefficient (Wildman–Crippen LogP) is 3.49. The number of carbonyl (C=O) groups is 2. The molecule has 2 N–H and O–H groups in total. The van der Waals surface area contributed by atoms with Crippen molar-refractivity contribution < 1.29 is 18.7 Å². The normalized spacial score (nSPS) is 11.5. The van der Waals surface area contributed by atoms with Crippen LogP contribution in [0.5, 0.6) is 5.75 Å². The Bertz CT molecular complexity index is 974. The van der Waals surface area contributed by atoms with Crippen LogP contribution in [0.15, 0.2) is 54.6 Å². The number of thiazole rings is 1. The van der Waals surface area contributed by atoms with E-state index in [2.05, 4.69) is 15.8 Å². The molecule has 0 fully saturated rings. The summed E-state index contributed by atoms with van der Waals surface area (Å²) in [6, 6.07) is 14.8. The molecule has 2 amide bonds. The number of carbonyl (C=O) groups excluding carboxylic acids is 2. The van der Waals surface area contributed by atoms with Crippen LogP contribution in [-0.4, -0.2) is 22.9 Å². The van der Waals surface area contributed by atoms with E-state index in [1.165, 1.54) is 42.5 Å². The maximum absolute atomic E-state index is 12.9. The van der Waals surface area contributed by atoms with E-state index in [9.17, 15) is 14.0 Å². The number of amides is 2. The third-order valence-corrected chi connectivity index (χ3v) is 5.02. The lowest BCUT2D eigenvalue weighted by Crippen LogP contribution is -2.47. The molecule has 0 aliphatic rings. The highest BCUT2D eigenvalue weighted by Gasteiger charge is 2.19. The van der Waals surface area contributed by atoms with Crippen molar-refractivity contribution >= 4 is 23.2 Å². The predicted molar refractivity (Wildman–Crippen MR) is 104 cm³/mol. The van der Waals surface area contributed by atoms with E-state index in [1.807, 2.05) is 30.3 Å². The number of nitrogens with one attached hydrogen (secondary N) is 2. The Hall–Kier alpha value is -3.26. The van der Waals surface area contributed by atoms with E-state index < -0.39 is 23.7 Å². The fraction of sp³-hybridized carbons (Fsp3) is 0.150. The molecule has 144 valence electrons. The number of hydrogen-bond donors (Lipinski definition) is 2. The zero-order chi connectivity index (χ0) is 20.1. The van der Waals surface area contributed by atoms with Crippen molar-refractivity contribution in [1.29, 1.82) is 0 Å². The summed E-state index contributed by atoms with van der Waals surface area (Å²) in [6.45, 7) is 3.26. The van der Waals surface area contributed by atoms with Gasteiger partial charge in [0.05, 0.1) is 5.69 Å². The monoisotopic (exact) mass is 399 g/mol. The highest BCUT2D eigenvalue weighted by atomic mass is 32.1. The van der Waals surface area contributed by atoms with Gasteiger partial charge in [-0.05, 0) is 38.1 Å². The summed E-state index contributed by atoms with van der Waals surface area (Å²) in [5, 5.41) is 0.725. The van der Waals surface area contributed by atoms with Crippen molar-refractivity contribution in [2.24, 2.45) is 0 Å². The first kappa shape index (κ1) is 19.5. The van der Waals surface area contributed by atoms with Crippen LogP contribution in [0, 0.1) is 12.7 Å². The zero-order valence-corrected chi connectivity index (χ0v) is 16.0. The van der Waals surface area contributed by atoms with Crippen molar-refractivity contribution in [2.45, 2.75) is 20.0 Å². The summed E-state index contributed by atoms with van der Waals surface area (Å²) in [5.74, 6) is -1.05. The van der Waals surface area contributed by atoms with Gasteiger partial charge in [-0.3, -0.25) is 20.4 Å². The van der Waals surface area contributed by atoms with Crippen LogP contribution in [-0.2, 0) is 4.79 Å². The minimum absolute atomic E-state index is 0.348. The number of halogens is 1. The topological polar surface area (TPSA) is 80.3 Å². The summed E-state index contributed by atoms with van der Waals surface area (Å²) < 4.78 is 18.3. The minimum atomic E-state index is -0.881. The quantitative estimate of drug-likeness (QED) is 0.644. The highest BCUT2D eigenvalue weighted by molar-refractivity contribution is 7.17. The lowest BCUT2D eigenvalue weighted by atomic mass is 10.2. The number of aryl methyl sites for hydroxylation is 1. The molecule has 8 heteroatoms. The van der Waals surface area contributed by atoms with Gasteiger partial charge in [0.1, 0.15) is 21.5 Å². The maximum atomic E-state index is 12.9. The molecular formula is C20H18FN3O3S. The average molecular weight is 399 g/mol. The zero-order valence-electron chi connectivity index (χ0n) is 15.2. The molecule has 0 radical (unpaired) electrons. The molecule has 0 saturated heterocycles. The molecule has 3 aromatic rings. The van der Waals surface area contributed by atoms with Gasteiger partial charge in [0, 0.05) is 5.56 Å². The highest BCUT2D eigenvalue weighted by Crippen LogP contribution is 2.27. The first-order valence-corrected chi connectivity index (χ1v) is 9.31. The summed E-state index contributed by atoms with van der Waals surface area (Å²) >= 11 is 1.24. The van der Waals surface area contributed by atoms with E-state index >= 15 is 0 Å². The molecular weight excluding hydrogens is 381 g/mol. The van der Waals surface area contributed by atoms with E-state index in [0.717, 1.165) is 10.6 Å². The van der Waals surface area contributed by atoms with Crippen molar-refractivity contribution in [3.8, 4) is 16.3 Å². The van der Waals surface area contributed by atoms with Gasteiger partial charge in [-0.2, -0.15) is 0 Å². The second-order valence-electron chi connectivity index (χ2n) is 5.96. The largest absolute Gasteiger partial charge is 0.481 e. The molecule has 28 heavy (non-hydrogen) atoms. The van der Waals surface area contributed by atoms with Crippen LogP contribution in [0.2, 0.25) is 0 Å². The van der Waals surface area contributed by atoms with Crippen molar-refractivity contribution in [3.63, 3.8) is 0 Å². The summed E-state index contributed by atoms with van der Waals surface area (Å²) in [4.78, 5) is 29.3. The van der Waals surface area contributed by atoms with Gasteiger partial charge in [0.2, 0.25) is 0 Å². The molecule has 1 heterocycles. The van der Waals surface area contributed by atoms with E-state index in [4.69, 9.17) is 4.74 Å². The number of hydrazine groups is 1. The Balaban J connectivity index is 1.58. The molecule has 1 aromatic heterocycles. The van der Waals surface area contributed by atoms with Gasteiger partial charge in [-0.25, -0.2) is 9.37 Å². The Morgan fingerprint density at radius 1 is 1.07 bits per heavy atom. The van der Waals surface area contributed by atoms with Crippen LogP contribution < -0.4 is 15.6 Å². The number of hydrogen-bond acceptors (Lipinski definition) is 5. The first-order chi connectivity index (χ1) is 13.4. The van der Waals surface area contributed by atoms with Gasteiger partial charge < -0.3 is 4.74 Å². The van der Waals surface area contributed by atoms with Gasteiger partial charge in [-0.15, -0.1) is 11.3 Å². The lowest BCUT2D eigenvalue weighted by molar-refractivity contribution is -0.128. The van der Waals surface area contributed by atoms with Crippen LogP contribution in [0.1, 0.15) is 22.3 Å². The van der Waals surface area contributed by atoms with E-state index in [1.54, 1.807) is 6.92 Å². The van der Waals surface area contributed by atoms with Gasteiger partial charge >= 0.3 is 0 Å². The van der Waals surface area contributed by atoms with Gasteiger partial charge in [-0.1, -0.05) is 30.3 Å². The summed E-state index contributed by atoms with van der Waals surface area (Å²) in [5.41, 5.74) is 6.19. The van der Waals surface area contributed by atoms with Gasteiger partial charge in [0.25, 0.3) is 11.8 Å². The molecule has 0 aliphatic carbocycles. The Morgan fingerprint density at radius 3 is 2.43 bits per heavy atom. The maximum Gasteiger partial charge on any atom is 0.281 e. The standard InChI is InChI=1S/C20H18FN3O3S/c1-12-17(28-20(22-12)14-6-4-3-5-7-14)19(26)24-23-18(25)13(2)27-16-10-8-15(21)9-11-16/h3-11,13H,1-2H3,(H,23,25)(H,24,26). The molecule has 0 bridgehead atoms. The number of ether oxygens (including phenoxy) is 1. The number of nitrogens with zero attached hydrogens (tertiary/aromatic N) is 1. The van der Waals surface area contributed by atoms with Crippen LogP contribution in [0.4, 0.5) is 4.39 Å². The third-order valence-electron chi connectivity index (χ3n) is 3.82. The molecule has 6 nitrogen and oxygen atoms in total. The number of benzene rings is 2. The lowest BCUT2D eigenvalue weighted by Gasteiger charge is -2.15. The second kappa shape index (κ2) is 8.62. The Kier molecular flexibility index (Phi) is 6.00. The smallest absolute Gasteiger partial charge is 0.281 e. The summed E-state index contributed by atoms with van der Waals surface area (Å²) in [6.07, 6.45) is -0.881. The van der Waals surface area contributed by atoms with Crippen molar-refractivity contribution in [3.05, 3.63) is 71.0 Å². The molecule has 0 saturated carbocycles. The van der Waals surface area contributed by atoms with Crippen molar-refractivity contribution in [2.75, 3.05) is 0 Å². The van der Waals surface area contributed by atoms with Crippen molar-refractivity contribution in [1.82, 2.24) is 15.8 Å². The molecule has 0 spiro atoms. The average Bonchev–Trinajstić information content (AvgIpc) is 3.10. The number of aromatic nitrogens is 1. The van der Waals surface area contributed by atoms with Crippen LogP contribution >= 0.6 is 11.3 Å². The van der Waals surface area contributed by atoms with Crippen LogP contribution in [0.25, 0.3) is 10.6 Å². The SMILES string of the molecule is Cc1nc(-c2ccccc2)sc1C(=O)NNC(=O)C(C)Oc1ccc(F)cc1. The number of rotatable bonds is 5. The second-order valence-corrected chi connectivity index (χ2v) is 6.96. The van der Waals surface area contributed by atoms with E-state index in [-0.39, 0.29) is 0 Å².